The first-order chi connectivity index (χ1) is 18.7. The minimum Gasteiger partial charge on any atom is -0.497 e. The first-order valence-corrected chi connectivity index (χ1v) is 12.9. The second-order valence-electron chi connectivity index (χ2n) is 10.1. The molecule has 0 spiro atoms. The second kappa shape index (κ2) is 12.3. The van der Waals surface area contributed by atoms with Gasteiger partial charge in [0.15, 0.2) is 0 Å². The molecule has 0 fully saturated rings. The van der Waals surface area contributed by atoms with Crippen LogP contribution in [-0.2, 0) is 16.1 Å². The van der Waals surface area contributed by atoms with Crippen LogP contribution in [0, 0.1) is 5.92 Å². The first kappa shape index (κ1) is 28.1. The van der Waals surface area contributed by atoms with Crippen molar-refractivity contribution < 1.29 is 29.2 Å². The Kier molecular flexibility index (Phi) is 8.83. The van der Waals surface area contributed by atoms with Crippen LogP contribution in [0.3, 0.4) is 0 Å². The van der Waals surface area contributed by atoms with Gasteiger partial charge in [-0.3, -0.25) is 14.6 Å². The lowest BCUT2D eigenvalue weighted by Crippen LogP contribution is -2.56. The fourth-order valence-corrected chi connectivity index (χ4v) is 4.68. The van der Waals surface area contributed by atoms with Gasteiger partial charge in [0.25, 0.3) is 11.8 Å². The van der Waals surface area contributed by atoms with E-state index in [-0.39, 0.29) is 31.2 Å². The van der Waals surface area contributed by atoms with Crippen molar-refractivity contribution in [2.24, 2.45) is 11.1 Å². The van der Waals surface area contributed by atoms with E-state index in [4.69, 9.17) is 9.57 Å². The number of hydrogen-bond acceptors (Lipinski definition) is 8. The summed E-state index contributed by atoms with van der Waals surface area (Å²) < 4.78 is 5.32. The maximum atomic E-state index is 13.6. The SMILES string of the molecule is COc1cccc(CC2(C(=O)NC(CC(C)C)B(O)O)CC(CNC(=O)c3nccc4ccccc34)=NO2)c1. The van der Waals surface area contributed by atoms with Gasteiger partial charge in [-0.2, -0.15) is 0 Å². The Morgan fingerprint density at radius 3 is 2.69 bits per heavy atom. The third-order valence-corrected chi connectivity index (χ3v) is 6.62. The second-order valence-corrected chi connectivity index (χ2v) is 10.1. The van der Waals surface area contributed by atoms with Gasteiger partial charge < -0.3 is 30.3 Å². The predicted octanol–water partition coefficient (Wildman–Crippen LogP) is 2.27. The van der Waals surface area contributed by atoms with Crippen molar-refractivity contribution in [2.45, 2.75) is 44.7 Å². The summed E-state index contributed by atoms with van der Waals surface area (Å²) in [7, 11) is -0.180. The zero-order valence-corrected chi connectivity index (χ0v) is 22.3. The van der Waals surface area contributed by atoms with Crippen LogP contribution in [0.25, 0.3) is 10.8 Å². The number of fused-ring (bicyclic) bond motifs is 1. The number of nitrogens with zero attached hydrogens (tertiary/aromatic N) is 2. The molecule has 4 N–H and O–H groups in total. The highest BCUT2D eigenvalue weighted by molar-refractivity contribution is 6.43. The molecule has 3 aromatic rings. The summed E-state index contributed by atoms with van der Waals surface area (Å²) in [5, 5.41) is 31.1. The molecule has 0 radical (unpaired) electrons. The molecular formula is C28H33BN4O6. The van der Waals surface area contributed by atoms with Crippen LogP contribution in [0.2, 0.25) is 0 Å². The number of carbonyl (C=O) groups excluding carboxylic acids is 2. The van der Waals surface area contributed by atoms with E-state index >= 15 is 0 Å². The van der Waals surface area contributed by atoms with E-state index in [2.05, 4.69) is 20.8 Å². The number of carbonyl (C=O) groups is 2. The molecule has 2 unspecified atom stereocenters. The van der Waals surface area contributed by atoms with Gasteiger partial charge in [-0.05, 0) is 41.5 Å². The van der Waals surface area contributed by atoms with E-state index < -0.39 is 24.6 Å². The van der Waals surface area contributed by atoms with E-state index in [1.807, 2.05) is 56.3 Å². The third kappa shape index (κ3) is 6.74. The zero-order valence-electron chi connectivity index (χ0n) is 22.3. The molecule has 204 valence electrons. The van der Waals surface area contributed by atoms with Crippen LogP contribution < -0.4 is 15.4 Å². The van der Waals surface area contributed by atoms with Gasteiger partial charge in [0.1, 0.15) is 11.4 Å². The molecular weight excluding hydrogens is 499 g/mol. The highest BCUT2D eigenvalue weighted by Gasteiger charge is 2.48. The number of aromatic nitrogens is 1. The van der Waals surface area contributed by atoms with Crippen molar-refractivity contribution in [2.75, 3.05) is 13.7 Å². The standard InChI is InChI=1S/C28H33BN4O6/c1-18(2)13-24(29(36)37)32-27(35)28(15-19-7-6-9-22(14-19)38-3)16-21(33-39-28)17-31-26(34)25-23-10-5-4-8-20(23)11-12-30-25/h4-12,14,18,24,36-37H,13,15-17H2,1-3H3,(H,31,34)(H,32,35). The average Bonchev–Trinajstić information content (AvgIpc) is 3.34. The van der Waals surface area contributed by atoms with Crippen LogP contribution in [0.5, 0.6) is 5.75 Å². The Balaban J connectivity index is 1.51. The van der Waals surface area contributed by atoms with Gasteiger partial charge >= 0.3 is 7.12 Å². The topological polar surface area (TPSA) is 142 Å². The number of oxime groups is 1. The van der Waals surface area contributed by atoms with E-state index in [1.165, 1.54) is 0 Å². The molecule has 11 heteroatoms. The molecule has 0 aliphatic carbocycles. The van der Waals surface area contributed by atoms with Crippen molar-refractivity contribution >= 4 is 35.4 Å². The van der Waals surface area contributed by atoms with Crippen molar-refractivity contribution in [3.8, 4) is 5.75 Å². The van der Waals surface area contributed by atoms with Crippen LogP contribution >= 0.6 is 0 Å². The van der Waals surface area contributed by atoms with Crippen molar-refractivity contribution in [1.82, 2.24) is 15.6 Å². The summed E-state index contributed by atoms with van der Waals surface area (Å²) in [5.74, 6) is -1.04. The fraction of sp³-hybridized carbons (Fsp3) is 0.357. The predicted molar refractivity (Wildman–Crippen MR) is 148 cm³/mol. The van der Waals surface area contributed by atoms with Crippen molar-refractivity contribution in [3.63, 3.8) is 0 Å². The fourth-order valence-electron chi connectivity index (χ4n) is 4.68. The minimum atomic E-state index is -1.74. The van der Waals surface area contributed by atoms with Gasteiger partial charge in [0.05, 0.1) is 25.3 Å². The summed E-state index contributed by atoms with van der Waals surface area (Å²) in [6.45, 7) is 3.90. The molecule has 4 rings (SSSR count). The largest absolute Gasteiger partial charge is 0.497 e. The molecule has 2 heterocycles. The van der Waals surface area contributed by atoms with Crippen LogP contribution in [0.15, 0.2) is 65.9 Å². The Hall–Kier alpha value is -3.96. The Morgan fingerprint density at radius 1 is 1.15 bits per heavy atom. The normalized spacial score (nSPS) is 17.3. The zero-order chi connectivity index (χ0) is 28.0. The summed E-state index contributed by atoms with van der Waals surface area (Å²) in [4.78, 5) is 36.6. The summed E-state index contributed by atoms with van der Waals surface area (Å²) in [6.07, 6.45) is 2.19. The highest BCUT2D eigenvalue weighted by Crippen LogP contribution is 2.30. The smallest absolute Gasteiger partial charge is 0.475 e. The molecule has 2 amide bonds. The lowest BCUT2D eigenvalue weighted by molar-refractivity contribution is -0.144. The van der Waals surface area contributed by atoms with Gasteiger partial charge in [-0.15, -0.1) is 0 Å². The lowest BCUT2D eigenvalue weighted by atomic mass is 9.74. The molecule has 10 nitrogen and oxygen atoms in total. The van der Waals surface area contributed by atoms with E-state index in [0.717, 1.165) is 16.3 Å². The Labute approximate surface area is 227 Å². The Morgan fingerprint density at radius 2 is 1.95 bits per heavy atom. The van der Waals surface area contributed by atoms with Crippen LogP contribution in [-0.4, -0.2) is 64.9 Å². The molecule has 0 saturated carbocycles. The number of pyridine rings is 1. The molecule has 39 heavy (non-hydrogen) atoms. The quantitative estimate of drug-likeness (QED) is 0.278. The summed E-state index contributed by atoms with van der Waals surface area (Å²) in [6, 6.07) is 16.6. The van der Waals surface area contributed by atoms with E-state index in [0.29, 0.717) is 23.6 Å². The number of hydrogen-bond donors (Lipinski definition) is 4. The number of benzene rings is 2. The molecule has 1 aromatic heterocycles. The van der Waals surface area contributed by atoms with Crippen LogP contribution in [0.1, 0.15) is 42.7 Å². The highest BCUT2D eigenvalue weighted by atomic mass is 16.7. The summed E-state index contributed by atoms with van der Waals surface area (Å²) in [5.41, 5.74) is 0.0803. The van der Waals surface area contributed by atoms with Gasteiger partial charge in [0, 0.05) is 24.4 Å². The number of nitrogens with one attached hydrogen (secondary N) is 2. The number of ether oxygens (including phenoxy) is 1. The molecule has 1 aliphatic heterocycles. The molecule has 0 bridgehead atoms. The number of amides is 2. The molecule has 2 atom stereocenters. The monoisotopic (exact) mass is 532 g/mol. The minimum absolute atomic E-state index is 0.0505. The molecule has 0 saturated heterocycles. The van der Waals surface area contributed by atoms with Gasteiger partial charge in [-0.1, -0.05) is 55.4 Å². The lowest BCUT2D eigenvalue weighted by Gasteiger charge is -2.29. The van der Waals surface area contributed by atoms with Crippen LogP contribution in [0.4, 0.5) is 0 Å². The van der Waals surface area contributed by atoms with Crippen molar-refractivity contribution in [1.29, 1.82) is 0 Å². The van der Waals surface area contributed by atoms with E-state index in [1.54, 1.807) is 25.4 Å². The Bertz CT molecular complexity index is 1360. The van der Waals surface area contributed by atoms with Gasteiger partial charge in [0.2, 0.25) is 5.60 Å². The van der Waals surface area contributed by atoms with E-state index in [9.17, 15) is 19.6 Å². The maximum absolute atomic E-state index is 13.6. The maximum Gasteiger partial charge on any atom is 0.475 e. The van der Waals surface area contributed by atoms with Crippen molar-refractivity contribution in [3.05, 3.63) is 72.1 Å². The summed E-state index contributed by atoms with van der Waals surface area (Å²) >= 11 is 0. The molecule has 1 aliphatic rings. The number of methoxy groups -OCH3 is 1. The average molecular weight is 532 g/mol. The third-order valence-electron chi connectivity index (χ3n) is 6.62. The first-order valence-electron chi connectivity index (χ1n) is 12.9. The van der Waals surface area contributed by atoms with Gasteiger partial charge in [-0.25, -0.2) is 0 Å². The molecule has 2 aromatic carbocycles. The number of rotatable bonds is 11.